The summed E-state index contributed by atoms with van der Waals surface area (Å²) in [7, 11) is 1.52. The molecule has 148 valence electrons. The standard InChI is InChI=1S/C19H19ClN2O6/c1-12(18(23)13-3-6-15(20)7-4-13)28-19(24)14-5-8-16(21-9-10-27-2)17(11-14)22(25)26/h3-8,11-12,21H,9-10H2,1-2H3/t12-/m1/s1. The number of nitrogens with zero attached hydrogens (tertiary/aromatic N) is 1. The van der Waals surface area contributed by atoms with Gasteiger partial charge in [-0.25, -0.2) is 4.79 Å². The van der Waals surface area contributed by atoms with E-state index in [-0.39, 0.29) is 16.9 Å². The molecule has 0 saturated heterocycles. The number of nitro groups is 1. The van der Waals surface area contributed by atoms with Gasteiger partial charge in [-0.1, -0.05) is 11.6 Å². The van der Waals surface area contributed by atoms with Crippen LogP contribution in [-0.2, 0) is 9.47 Å². The van der Waals surface area contributed by atoms with Gasteiger partial charge in [0.2, 0.25) is 5.78 Å². The summed E-state index contributed by atoms with van der Waals surface area (Å²) in [5, 5.41) is 14.6. The molecule has 0 aliphatic carbocycles. The fraction of sp³-hybridized carbons (Fsp3) is 0.263. The molecule has 0 aliphatic heterocycles. The molecule has 2 aromatic carbocycles. The molecule has 0 heterocycles. The molecule has 2 aromatic rings. The van der Waals surface area contributed by atoms with Gasteiger partial charge in [0, 0.05) is 30.3 Å². The van der Waals surface area contributed by atoms with Crippen molar-refractivity contribution in [2.75, 3.05) is 25.6 Å². The van der Waals surface area contributed by atoms with Crippen LogP contribution in [0.25, 0.3) is 0 Å². The quantitative estimate of drug-likeness (QED) is 0.222. The molecule has 0 amide bonds. The van der Waals surface area contributed by atoms with Gasteiger partial charge >= 0.3 is 5.97 Å². The number of benzene rings is 2. The highest BCUT2D eigenvalue weighted by atomic mass is 35.5. The van der Waals surface area contributed by atoms with E-state index in [9.17, 15) is 19.7 Å². The molecule has 0 fully saturated rings. The molecule has 0 aliphatic rings. The first-order valence-electron chi connectivity index (χ1n) is 8.35. The van der Waals surface area contributed by atoms with Crippen LogP contribution in [0, 0.1) is 10.1 Å². The number of Topliss-reactive ketones (excluding diaryl/α,β-unsaturated/α-hetero) is 1. The lowest BCUT2D eigenvalue weighted by Crippen LogP contribution is -2.24. The maximum absolute atomic E-state index is 12.3. The van der Waals surface area contributed by atoms with E-state index in [1.165, 1.54) is 38.3 Å². The van der Waals surface area contributed by atoms with Gasteiger partial charge in [-0.3, -0.25) is 14.9 Å². The van der Waals surface area contributed by atoms with Gasteiger partial charge < -0.3 is 14.8 Å². The largest absolute Gasteiger partial charge is 0.451 e. The zero-order valence-corrected chi connectivity index (χ0v) is 16.1. The van der Waals surface area contributed by atoms with Crippen molar-refractivity contribution >= 4 is 34.7 Å². The Morgan fingerprint density at radius 2 is 1.82 bits per heavy atom. The predicted octanol–water partition coefficient (Wildman–Crippen LogP) is 3.73. The minimum absolute atomic E-state index is 0.0280. The monoisotopic (exact) mass is 406 g/mol. The minimum atomic E-state index is -1.06. The average Bonchev–Trinajstić information content (AvgIpc) is 2.68. The fourth-order valence-corrected chi connectivity index (χ4v) is 2.50. The summed E-state index contributed by atoms with van der Waals surface area (Å²) in [6.07, 6.45) is -1.06. The first-order valence-corrected chi connectivity index (χ1v) is 8.73. The summed E-state index contributed by atoms with van der Waals surface area (Å²) in [5.41, 5.74) is 0.291. The third kappa shape index (κ3) is 5.51. The van der Waals surface area contributed by atoms with Crippen molar-refractivity contribution in [2.24, 2.45) is 0 Å². The number of carbonyl (C=O) groups excluding carboxylic acids is 2. The normalized spacial score (nSPS) is 11.5. The Bertz CT molecular complexity index is 869. The summed E-state index contributed by atoms with van der Waals surface area (Å²) in [6.45, 7) is 2.17. The molecule has 0 unspecified atom stereocenters. The highest BCUT2D eigenvalue weighted by Gasteiger charge is 2.23. The molecule has 0 spiro atoms. The molecule has 28 heavy (non-hydrogen) atoms. The summed E-state index contributed by atoms with van der Waals surface area (Å²) >= 11 is 5.79. The Morgan fingerprint density at radius 1 is 1.18 bits per heavy atom. The summed E-state index contributed by atoms with van der Waals surface area (Å²) in [4.78, 5) is 35.4. The van der Waals surface area contributed by atoms with Crippen molar-refractivity contribution in [1.29, 1.82) is 0 Å². The van der Waals surface area contributed by atoms with Crippen LogP contribution in [0.15, 0.2) is 42.5 Å². The van der Waals surface area contributed by atoms with Gasteiger partial charge in [0.15, 0.2) is 6.10 Å². The second kappa shape index (κ2) is 9.82. The number of ether oxygens (including phenoxy) is 2. The van der Waals surface area contributed by atoms with Crippen LogP contribution in [0.5, 0.6) is 0 Å². The number of methoxy groups -OCH3 is 1. The van der Waals surface area contributed by atoms with Crippen molar-refractivity contribution in [1.82, 2.24) is 0 Å². The molecule has 8 nitrogen and oxygen atoms in total. The van der Waals surface area contributed by atoms with Crippen LogP contribution >= 0.6 is 11.6 Å². The van der Waals surface area contributed by atoms with E-state index in [4.69, 9.17) is 21.1 Å². The summed E-state index contributed by atoms with van der Waals surface area (Å²) in [5.74, 6) is -1.24. The number of esters is 1. The lowest BCUT2D eigenvalue weighted by molar-refractivity contribution is -0.384. The second-order valence-electron chi connectivity index (χ2n) is 5.83. The van der Waals surface area contributed by atoms with E-state index >= 15 is 0 Å². The van der Waals surface area contributed by atoms with Crippen molar-refractivity contribution < 1.29 is 24.0 Å². The molecule has 1 atom stereocenters. The van der Waals surface area contributed by atoms with Crippen molar-refractivity contribution in [3.05, 3.63) is 68.7 Å². The summed E-state index contributed by atoms with van der Waals surface area (Å²) in [6, 6.07) is 10.1. The first kappa shape index (κ1) is 21.3. The maximum atomic E-state index is 12.3. The zero-order chi connectivity index (χ0) is 20.7. The molecular formula is C19H19ClN2O6. The Kier molecular flexibility index (Phi) is 7.48. The van der Waals surface area contributed by atoms with Crippen molar-refractivity contribution in [3.8, 4) is 0 Å². The Morgan fingerprint density at radius 3 is 2.43 bits per heavy atom. The van der Waals surface area contributed by atoms with Crippen LogP contribution in [-0.4, -0.2) is 43.0 Å². The van der Waals surface area contributed by atoms with E-state index in [1.807, 2.05) is 0 Å². The molecule has 9 heteroatoms. The van der Waals surface area contributed by atoms with E-state index in [0.29, 0.717) is 23.7 Å². The average molecular weight is 407 g/mol. The van der Waals surface area contributed by atoms with Gasteiger partial charge in [-0.05, 0) is 43.3 Å². The van der Waals surface area contributed by atoms with Crippen LogP contribution in [0.2, 0.25) is 5.02 Å². The number of halogens is 1. The Balaban J connectivity index is 2.12. The van der Waals surface area contributed by atoms with E-state index in [2.05, 4.69) is 5.32 Å². The van der Waals surface area contributed by atoms with Gasteiger partial charge in [0.1, 0.15) is 5.69 Å². The van der Waals surface area contributed by atoms with Crippen LogP contribution in [0.3, 0.4) is 0 Å². The van der Waals surface area contributed by atoms with Crippen LogP contribution in [0.1, 0.15) is 27.6 Å². The molecule has 0 radical (unpaired) electrons. The van der Waals surface area contributed by atoms with E-state index in [1.54, 1.807) is 12.1 Å². The van der Waals surface area contributed by atoms with E-state index in [0.717, 1.165) is 6.07 Å². The minimum Gasteiger partial charge on any atom is -0.451 e. The SMILES string of the molecule is COCCNc1ccc(C(=O)O[C@H](C)C(=O)c2ccc(Cl)cc2)cc1[N+](=O)[O-]. The number of rotatable bonds is 9. The van der Waals surface area contributed by atoms with Crippen molar-refractivity contribution in [2.45, 2.75) is 13.0 Å². The first-order chi connectivity index (χ1) is 13.3. The lowest BCUT2D eigenvalue weighted by Gasteiger charge is -2.13. The van der Waals surface area contributed by atoms with Gasteiger partial charge in [0.25, 0.3) is 5.69 Å². The predicted molar refractivity (Wildman–Crippen MR) is 104 cm³/mol. The number of anilines is 1. The number of hydrogen-bond acceptors (Lipinski definition) is 7. The maximum Gasteiger partial charge on any atom is 0.339 e. The van der Waals surface area contributed by atoms with Crippen molar-refractivity contribution in [3.63, 3.8) is 0 Å². The number of carbonyl (C=O) groups is 2. The van der Waals surface area contributed by atoms with Crippen LogP contribution in [0.4, 0.5) is 11.4 Å². The van der Waals surface area contributed by atoms with Gasteiger partial charge in [0.05, 0.1) is 17.1 Å². The van der Waals surface area contributed by atoms with Gasteiger partial charge in [-0.15, -0.1) is 0 Å². The molecule has 2 rings (SSSR count). The third-order valence-electron chi connectivity index (χ3n) is 3.83. The lowest BCUT2D eigenvalue weighted by atomic mass is 10.1. The number of hydrogen-bond donors (Lipinski definition) is 1. The molecule has 0 aromatic heterocycles. The Labute approximate surface area is 166 Å². The molecule has 1 N–H and O–H groups in total. The number of nitro benzene ring substituents is 1. The Hall–Kier alpha value is -2.97. The summed E-state index contributed by atoms with van der Waals surface area (Å²) < 4.78 is 10.1. The molecule has 0 saturated carbocycles. The molecular weight excluding hydrogens is 388 g/mol. The molecule has 0 bridgehead atoms. The highest BCUT2D eigenvalue weighted by Crippen LogP contribution is 2.26. The number of nitrogens with one attached hydrogen (secondary N) is 1. The fourth-order valence-electron chi connectivity index (χ4n) is 2.38. The third-order valence-corrected chi connectivity index (χ3v) is 4.09. The van der Waals surface area contributed by atoms with E-state index < -0.39 is 22.8 Å². The topological polar surface area (TPSA) is 108 Å². The van der Waals surface area contributed by atoms with Gasteiger partial charge in [-0.2, -0.15) is 0 Å². The highest BCUT2D eigenvalue weighted by molar-refractivity contribution is 6.30. The zero-order valence-electron chi connectivity index (χ0n) is 15.3. The number of ketones is 1. The van der Waals surface area contributed by atoms with Crippen LogP contribution < -0.4 is 5.32 Å². The smallest absolute Gasteiger partial charge is 0.339 e. The second-order valence-corrected chi connectivity index (χ2v) is 6.26.